The molecule has 4 heavy (non-hydrogen) atoms. The Hall–Kier alpha value is 1.91. The van der Waals surface area contributed by atoms with Crippen LogP contribution in [0.4, 0.5) is 0 Å². The van der Waals surface area contributed by atoms with Crippen LogP contribution in [-0.2, 0) is 19.5 Å². The van der Waals surface area contributed by atoms with E-state index in [2.05, 4.69) is 7.44 Å². The summed E-state index contributed by atoms with van der Waals surface area (Å²) in [5, 5.41) is 0. The standard InChI is InChI=1S/BH3Si.Na.Zn.H/c1-2;;;/h2H3;;;/q;+1;;-1. The van der Waals surface area contributed by atoms with Crippen molar-refractivity contribution in [1.82, 2.24) is 0 Å². The third-order valence-electron chi connectivity index (χ3n) is 0. The van der Waals surface area contributed by atoms with Crippen LogP contribution in [0.15, 0.2) is 0 Å². The summed E-state index contributed by atoms with van der Waals surface area (Å²) in [6.07, 6.45) is 0. The summed E-state index contributed by atoms with van der Waals surface area (Å²) in [4.78, 5) is 0. The molecule has 2 radical (unpaired) electrons. The van der Waals surface area contributed by atoms with Crippen molar-refractivity contribution in [2.24, 2.45) is 0 Å². The maximum absolute atomic E-state index is 4.64. The molecule has 0 unspecified atom stereocenters. The zero-order valence-corrected chi connectivity index (χ0v) is 10.3. The second-order valence-electron chi connectivity index (χ2n) is 0. The SMILES string of the molecule is [B][SiH3].[H-].[Na+].[Zn]. The van der Waals surface area contributed by atoms with E-state index in [9.17, 15) is 0 Å². The van der Waals surface area contributed by atoms with Crippen molar-refractivity contribution >= 4 is 17.6 Å². The predicted molar refractivity (Wildman–Crippen MR) is 16.8 cm³/mol. The van der Waals surface area contributed by atoms with Crippen LogP contribution in [0, 0.1) is 0 Å². The van der Waals surface area contributed by atoms with Gasteiger partial charge in [-0.05, 0) is 10.1 Å². The van der Waals surface area contributed by atoms with E-state index in [4.69, 9.17) is 0 Å². The van der Waals surface area contributed by atoms with Crippen LogP contribution in [0.25, 0.3) is 0 Å². The minimum atomic E-state index is 0. The molecule has 0 aromatic heterocycles. The summed E-state index contributed by atoms with van der Waals surface area (Å²) >= 11 is 0. The third-order valence-corrected chi connectivity index (χ3v) is 0. The molecule has 0 nitrogen and oxygen atoms in total. The number of hydrogen-bond acceptors (Lipinski definition) is 0. The van der Waals surface area contributed by atoms with Gasteiger partial charge in [-0.1, -0.05) is 0 Å². The van der Waals surface area contributed by atoms with Gasteiger partial charge < -0.3 is 1.43 Å². The van der Waals surface area contributed by atoms with E-state index in [1.165, 1.54) is 0 Å². The molecule has 0 rings (SSSR count). The van der Waals surface area contributed by atoms with Crippen LogP contribution in [-0.4, -0.2) is 17.6 Å². The maximum Gasteiger partial charge on any atom is 1.00 e. The smallest absolute Gasteiger partial charge is 1.00 e. The van der Waals surface area contributed by atoms with E-state index >= 15 is 0 Å². The molecule has 0 amide bonds. The van der Waals surface area contributed by atoms with Crippen LogP contribution in [0.3, 0.4) is 0 Å². The first kappa shape index (κ1) is 16.8. The van der Waals surface area contributed by atoms with E-state index in [1.807, 2.05) is 0 Å². The molecule has 0 fully saturated rings. The molecule has 0 aliphatic carbocycles. The van der Waals surface area contributed by atoms with Crippen molar-refractivity contribution < 1.29 is 50.5 Å². The normalized spacial score (nSPS) is 2.00. The Morgan fingerprint density at radius 1 is 1.50 bits per heavy atom. The van der Waals surface area contributed by atoms with Gasteiger partial charge in [0.1, 0.15) is 0 Å². The van der Waals surface area contributed by atoms with E-state index < -0.39 is 0 Å². The first-order valence-electron chi connectivity index (χ1n) is 0.577. The molecule has 0 spiro atoms. The fourth-order valence-corrected chi connectivity index (χ4v) is 0. The van der Waals surface area contributed by atoms with E-state index in [1.54, 1.807) is 0 Å². The Morgan fingerprint density at radius 2 is 1.50 bits per heavy atom. The van der Waals surface area contributed by atoms with Crippen molar-refractivity contribution in [3.63, 3.8) is 0 Å². The molecule has 0 saturated carbocycles. The number of rotatable bonds is 0. The second-order valence-corrected chi connectivity index (χ2v) is 0. The summed E-state index contributed by atoms with van der Waals surface area (Å²) in [5.41, 5.74) is 0. The Labute approximate surface area is 67.4 Å². The minimum absolute atomic E-state index is 0. The molecule has 0 aromatic carbocycles. The van der Waals surface area contributed by atoms with Crippen molar-refractivity contribution in [2.75, 3.05) is 0 Å². The molecule has 0 atom stereocenters. The van der Waals surface area contributed by atoms with E-state index in [-0.39, 0.29) is 50.5 Å². The summed E-state index contributed by atoms with van der Waals surface area (Å²) < 4.78 is 0. The fourth-order valence-electron chi connectivity index (χ4n) is 0. The predicted octanol–water partition coefficient (Wildman–Crippen LogP) is -4.45. The van der Waals surface area contributed by atoms with Gasteiger partial charge in [0.25, 0.3) is 0 Å². The number of hydrogen-bond donors (Lipinski definition) is 0. The summed E-state index contributed by atoms with van der Waals surface area (Å²) in [5.74, 6) is 0. The van der Waals surface area contributed by atoms with Crippen molar-refractivity contribution in [3.8, 4) is 0 Å². The molecule has 0 heterocycles. The zero-order valence-electron chi connectivity index (χ0n) is 4.28. The fraction of sp³-hybridized carbons (Fsp3) is 0. The monoisotopic (exact) mass is 130 g/mol. The Morgan fingerprint density at radius 3 is 1.50 bits per heavy atom. The van der Waals surface area contributed by atoms with Gasteiger partial charge in [-0.3, -0.25) is 0 Å². The molecule has 0 aliphatic rings. The molecule has 0 N–H and O–H groups in total. The molecule has 0 aromatic rings. The molecule has 4 heteroatoms. The van der Waals surface area contributed by atoms with Crippen LogP contribution >= 0.6 is 0 Å². The quantitative estimate of drug-likeness (QED) is 0.291. The molecule has 0 bridgehead atoms. The van der Waals surface area contributed by atoms with Crippen molar-refractivity contribution in [2.45, 2.75) is 0 Å². The average molecular weight is 131 g/mol. The van der Waals surface area contributed by atoms with E-state index in [0.29, 0.717) is 0 Å². The van der Waals surface area contributed by atoms with Gasteiger partial charge in [-0.15, -0.1) is 0 Å². The van der Waals surface area contributed by atoms with Gasteiger partial charge in [-0.2, -0.15) is 0 Å². The maximum atomic E-state index is 4.64. The van der Waals surface area contributed by atoms with Crippen LogP contribution in [0.1, 0.15) is 1.43 Å². The zero-order chi connectivity index (χ0) is 2.00. The summed E-state index contributed by atoms with van der Waals surface area (Å²) in [7, 11) is 5.44. The van der Waals surface area contributed by atoms with Crippen LogP contribution < -0.4 is 29.6 Å². The topological polar surface area (TPSA) is 0 Å². The van der Waals surface area contributed by atoms with Crippen molar-refractivity contribution in [1.29, 1.82) is 0 Å². The summed E-state index contributed by atoms with van der Waals surface area (Å²) in [6.45, 7) is 0. The van der Waals surface area contributed by atoms with Gasteiger partial charge in [0.05, 0.1) is 0 Å². The molecular formula is H4BNaSiZn. The molecule has 0 aliphatic heterocycles. The Bertz CT molecular complexity index is 11.6. The van der Waals surface area contributed by atoms with Crippen LogP contribution in [0.5, 0.6) is 0 Å². The van der Waals surface area contributed by atoms with Gasteiger partial charge in [0, 0.05) is 26.9 Å². The Balaban J connectivity index is -0.00000000167. The first-order chi connectivity index (χ1) is 1.00. The second kappa shape index (κ2) is 20.6. The van der Waals surface area contributed by atoms with Gasteiger partial charge in [0.2, 0.25) is 0 Å². The van der Waals surface area contributed by atoms with Gasteiger partial charge in [0.15, 0.2) is 0 Å². The van der Waals surface area contributed by atoms with Gasteiger partial charge >= 0.3 is 29.6 Å². The molecular weight excluding hydrogens is 127 g/mol. The van der Waals surface area contributed by atoms with E-state index in [0.717, 1.165) is 10.1 Å². The average Bonchev–Trinajstić information content (AvgIpc) is 1.00. The minimum Gasteiger partial charge on any atom is -1.00 e. The largest absolute Gasteiger partial charge is 1.00 e. The summed E-state index contributed by atoms with van der Waals surface area (Å²) in [6, 6.07) is 0. The molecule has 14 valence electrons. The van der Waals surface area contributed by atoms with Crippen molar-refractivity contribution in [3.05, 3.63) is 0 Å². The van der Waals surface area contributed by atoms with Gasteiger partial charge in [-0.25, -0.2) is 0 Å². The third kappa shape index (κ3) is 9.08. The first-order valence-corrected chi connectivity index (χ1v) is 1.73. The Kier molecular flexibility index (Phi) is 86.7. The molecule has 0 saturated heterocycles. The van der Waals surface area contributed by atoms with Crippen LogP contribution in [0.2, 0.25) is 0 Å².